The molecule has 1 aromatic carbocycles. The van der Waals surface area contributed by atoms with E-state index in [1.165, 1.54) is 7.11 Å². The second-order valence-corrected chi connectivity index (χ2v) is 6.85. The SMILES string of the molecule is COc1ccccc1S(=O)(=O)NC(C)C1CCCNC1.Cl. The lowest BCUT2D eigenvalue weighted by Gasteiger charge is -2.28. The summed E-state index contributed by atoms with van der Waals surface area (Å²) in [5, 5.41) is 3.30. The van der Waals surface area contributed by atoms with Gasteiger partial charge in [0.1, 0.15) is 10.6 Å². The summed E-state index contributed by atoms with van der Waals surface area (Å²) < 4.78 is 32.8. The summed E-state index contributed by atoms with van der Waals surface area (Å²) in [5.41, 5.74) is 0. The van der Waals surface area contributed by atoms with Crippen LogP contribution >= 0.6 is 12.4 Å². The van der Waals surface area contributed by atoms with Gasteiger partial charge in [-0.15, -0.1) is 12.4 Å². The first-order valence-corrected chi connectivity index (χ1v) is 8.39. The Morgan fingerprint density at radius 2 is 2.10 bits per heavy atom. The number of piperidine rings is 1. The van der Waals surface area contributed by atoms with Crippen LogP contribution in [0, 0.1) is 5.92 Å². The van der Waals surface area contributed by atoms with Crippen LogP contribution in [0.4, 0.5) is 0 Å². The second kappa shape index (κ2) is 7.98. The third-order valence-corrected chi connectivity index (χ3v) is 5.34. The normalized spacial score (nSPS) is 20.4. The van der Waals surface area contributed by atoms with Crippen molar-refractivity contribution in [3.8, 4) is 5.75 Å². The molecule has 0 aromatic heterocycles. The fraction of sp³-hybridized carbons (Fsp3) is 0.571. The highest BCUT2D eigenvalue weighted by Crippen LogP contribution is 2.24. The van der Waals surface area contributed by atoms with Gasteiger partial charge in [0.2, 0.25) is 10.0 Å². The molecule has 1 aliphatic heterocycles. The fourth-order valence-corrected chi connectivity index (χ4v) is 4.03. The molecule has 0 spiro atoms. The van der Waals surface area contributed by atoms with E-state index in [2.05, 4.69) is 10.0 Å². The number of halogens is 1. The lowest BCUT2D eigenvalue weighted by atomic mass is 9.94. The van der Waals surface area contributed by atoms with Crippen LogP contribution in [-0.2, 0) is 10.0 Å². The molecule has 0 amide bonds. The van der Waals surface area contributed by atoms with Crippen LogP contribution in [0.15, 0.2) is 29.2 Å². The van der Waals surface area contributed by atoms with Crippen LogP contribution in [-0.4, -0.2) is 34.7 Å². The van der Waals surface area contributed by atoms with Gasteiger partial charge in [0.25, 0.3) is 0 Å². The van der Waals surface area contributed by atoms with Crippen molar-refractivity contribution in [2.45, 2.75) is 30.7 Å². The largest absolute Gasteiger partial charge is 0.495 e. The van der Waals surface area contributed by atoms with E-state index in [0.29, 0.717) is 11.7 Å². The highest BCUT2D eigenvalue weighted by molar-refractivity contribution is 7.89. The van der Waals surface area contributed by atoms with Crippen molar-refractivity contribution in [2.24, 2.45) is 5.92 Å². The van der Waals surface area contributed by atoms with Crippen molar-refractivity contribution in [3.05, 3.63) is 24.3 Å². The van der Waals surface area contributed by atoms with E-state index in [9.17, 15) is 8.42 Å². The molecule has 2 N–H and O–H groups in total. The zero-order chi connectivity index (χ0) is 14.6. The van der Waals surface area contributed by atoms with Crippen LogP contribution in [0.3, 0.4) is 0 Å². The number of ether oxygens (including phenoxy) is 1. The Hall–Kier alpha value is -0.820. The number of methoxy groups -OCH3 is 1. The zero-order valence-corrected chi connectivity index (χ0v) is 14.0. The number of hydrogen-bond acceptors (Lipinski definition) is 4. The average Bonchev–Trinajstić information content (AvgIpc) is 2.47. The molecule has 1 aliphatic rings. The van der Waals surface area contributed by atoms with E-state index < -0.39 is 10.0 Å². The summed E-state index contributed by atoms with van der Waals surface area (Å²) in [6, 6.07) is 6.57. The van der Waals surface area contributed by atoms with Crippen LogP contribution in [0.25, 0.3) is 0 Å². The number of sulfonamides is 1. The van der Waals surface area contributed by atoms with E-state index in [1.54, 1.807) is 24.3 Å². The molecule has 1 fully saturated rings. The summed E-state index contributed by atoms with van der Waals surface area (Å²) >= 11 is 0. The predicted octanol–water partition coefficient (Wildman–Crippen LogP) is 1.78. The molecule has 0 bridgehead atoms. The molecule has 1 aromatic rings. The van der Waals surface area contributed by atoms with Gasteiger partial charge in [-0.3, -0.25) is 0 Å². The zero-order valence-electron chi connectivity index (χ0n) is 12.3. The Morgan fingerprint density at radius 1 is 1.38 bits per heavy atom. The van der Waals surface area contributed by atoms with Crippen molar-refractivity contribution in [3.63, 3.8) is 0 Å². The summed E-state index contributed by atoms with van der Waals surface area (Å²) in [7, 11) is -2.08. The number of rotatable bonds is 5. The Kier molecular flexibility index (Phi) is 6.93. The minimum Gasteiger partial charge on any atom is -0.495 e. The van der Waals surface area contributed by atoms with E-state index >= 15 is 0 Å². The Labute approximate surface area is 132 Å². The summed E-state index contributed by atoms with van der Waals surface area (Å²) in [6.45, 7) is 3.79. The van der Waals surface area contributed by atoms with Crippen molar-refractivity contribution < 1.29 is 13.2 Å². The molecule has 2 rings (SSSR count). The monoisotopic (exact) mass is 334 g/mol. The molecule has 1 heterocycles. The molecule has 120 valence electrons. The van der Waals surface area contributed by atoms with E-state index in [4.69, 9.17) is 4.74 Å². The van der Waals surface area contributed by atoms with E-state index in [0.717, 1.165) is 25.9 Å². The molecular weight excluding hydrogens is 312 g/mol. The Balaban J connectivity index is 0.00000220. The maximum absolute atomic E-state index is 12.5. The fourth-order valence-electron chi connectivity index (χ4n) is 2.55. The number of hydrogen-bond donors (Lipinski definition) is 2. The quantitative estimate of drug-likeness (QED) is 0.861. The van der Waals surface area contributed by atoms with Gasteiger partial charge in [-0.1, -0.05) is 12.1 Å². The third-order valence-electron chi connectivity index (χ3n) is 3.74. The second-order valence-electron chi connectivity index (χ2n) is 5.17. The maximum Gasteiger partial charge on any atom is 0.244 e. The van der Waals surface area contributed by atoms with Gasteiger partial charge in [-0.25, -0.2) is 13.1 Å². The molecule has 0 radical (unpaired) electrons. The van der Waals surface area contributed by atoms with Crippen LogP contribution < -0.4 is 14.8 Å². The molecule has 2 unspecified atom stereocenters. The molecule has 0 saturated carbocycles. The minimum absolute atomic E-state index is 0. The molecule has 0 aliphatic carbocycles. The van der Waals surface area contributed by atoms with Crippen molar-refractivity contribution in [2.75, 3.05) is 20.2 Å². The Morgan fingerprint density at radius 3 is 2.71 bits per heavy atom. The van der Waals surface area contributed by atoms with E-state index in [-0.39, 0.29) is 23.3 Å². The first kappa shape index (κ1) is 18.2. The van der Waals surface area contributed by atoms with Crippen molar-refractivity contribution in [1.29, 1.82) is 0 Å². The van der Waals surface area contributed by atoms with Gasteiger partial charge in [0.15, 0.2) is 0 Å². The predicted molar refractivity (Wildman–Crippen MR) is 85.6 cm³/mol. The molecule has 1 saturated heterocycles. The average molecular weight is 335 g/mol. The molecule has 5 nitrogen and oxygen atoms in total. The summed E-state index contributed by atoms with van der Waals surface area (Å²) in [6.07, 6.45) is 2.13. The van der Waals surface area contributed by atoms with Gasteiger partial charge < -0.3 is 10.1 Å². The highest BCUT2D eigenvalue weighted by atomic mass is 35.5. The van der Waals surface area contributed by atoms with Crippen LogP contribution in [0.2, 0.25) is 0 Å². The number of benzene rings is 1. The lowest BCUT2D eigenvalue weighted by Crippen LogP contribution is -2.44. The summed E-state index contributed by atoms with van der Waals surface area (Å²) in [5.74, 6) is 0.696. The maximum atomic E-state index is 12.5. The molecular formula is C14H23ClN2O3S. The van der Waals surface area contributed by atoms with Gasteiger partial charge in [-0.05, 0) is 50.9 Å². The molecule has 7 heteroatoms. The molecule has 21 heavy (non-hydrogen) atoms. The lowest BCUT2D eigenvalue weighted by molar-refractivity contribution is 0.320. The van der Waals surface area contributed by atoms with Crippen LogP contribution in [0.1, 0.15) is 19.8 Å². The molecule has 2 atom stereocenters. The van der Waals surface area contributed by atoms with Crippen molar-refractivity contribution >= 4 is 22.4 Å². The van der Waals surface area contributed by atoms with Gasteiger partial charge >= 0.3 is 0 Å². The first-order valence-electron chi connectivity index (χ1n) is 6.90. The smallest absolute Gasteiger partial charge is 0.244 e. The van der Waals surface area contributed by atoms with Gasteiger partial charge in [-0.2, -0.15) is 0 Å². The minimum atomic E-state index is -3.55. The topological polar surface area (TPSA) is 67.4 Å². The van der Waals surface area contributed by atoms with Gasteiger partial charge in [0.05, 0.1) is 7.11 Å². The highest BCUT2D eigenvalue weighted by Gasteiger charge is 2.26. The summed E-state index contributed by atoms with van der Waals surface area (Å²) in [4.78, 5) is 0.193. The van der Waals surface area contributed by atoms with Crippen LogP contribution in [0.5, 0.6) is 5.75 Å². The Bertz CT molecular complexity index is 545. The number of nitrogens with one attached hydrogen (secondary N) is 2. The standard InChI is InChI=1S/C14H22N2O3S.ClH/c1-11(12-6-5-9-15-10-12)16-20(17,18)14-8-4-3-7-13(14)19-2;/h3-4,7-8,11-12,15-16H,5-6,9-10H2,1-2H3;1H. The third kappa shape index (κ3) is 4.57. The number of para-hydroxylation sites is 1. The van der Waals surface area contributed by atoms with Crippen molar-refractivity contribution in [1.82, 2.24) is 10.0 Å². The first-order chi connectivity index (χ1) is 9.54. The van der Waals surface area contributed by atoms with E-state index in [1.807, 2.05) is 6.92 Å². The van der Waals surface area contributed by atoms with Gasteiger partial charge in [0, 0.05) is 6.04 Å².